The molecule has 2 aliphatic rings. The third-order valence-electron chi connectivity index (χ3n) is 6.70. The van der Waals surface area contributed by atoms with Crippen LogP contribution in [-0.2, 0) is 32.2 Å². The smallest absolute Gasteiger partial charge is 0.348 e. The van der Waals surface area contributed by atoms with Crippen LogP contribution in [0.4, 0.5) is 8.78 Å². The van der Waals surface area contributed by atoms with Gasteiger partial charge in [-0.1, -0.05) is 35.9 Å². The van der Waals surface area contributed by atoms with Gasteiger partial charge in [-0.15, -0.1) is 0 Å². The molecule has 2 aromatic carbocycles. The Bertz CT molecular complexity index is 1370. The number of hydrogen-bond acceptors (Lipinski definition) is 4. The molecule has 0 aliphatic carbocycles. The summed E-state index contributed by atoms with van der Waals surface area (Å²) in [5.74, 6) is -9.85. The minimum atomic E-state index is -4.11. The number of benzene rings is 2. The lowest BCUT2D eigenvalue weighted by atomic mass is 9.55. The van der Waals surface area contributed by atoms with E-state index in [1.807, 2.05) is 0 Å². The van der Waals surface area contributed by atoms with Gasteiger partial charge in [0.15, 0.2) is 0 Å². The van der Waals surface area contributed by atoms with Gasteiger partial charge in [-0.3, -0.25) is 19.2 Å². The third-order valence-corrected chi connectivity index (χ3v) is 6.95. The van der Waals surface area contributed by atoms with Crippen LogP contribution in [0.1, 0.15) is 33.5 Å². The Morgan fingerprint density at radius 3 is 2.26 bits per heavy atom. The van der Waals surface area contributed by atoms with Crippen molar-refractivity contribution in [2.24, 2.45) is 0 Å². The van der Waals surface area contributed by atoms with Crippen molar-refractivity contribution in [3.8, 4) is 0 Å². The third kappa shape index (κ3) is 4.19. The number of carbonyl (C=O) groups excluding carboxylic acids is 4. The average Bonchev–Trinajstić information content (AvgIpc) is 3.21. The van der Waals surface area contributed by atoms with Gasteiger partial charge in [0.05, 0.1) is 29.0 Å². The number of carbonyl (C=O) groups is 4. The summed E-state index contributed by atoms with van der Waals surface area (Å²) in [6.07, 6.45) is -0.398. The molecule has 7 nitrogen and oxygen atoms in total. The van der Waals surface area contributed by atoms with Gasteiger partial charge >= 0.3 is 5.92 Å². The van der Waals surface area contributed by atoms with Crippen LogP contribution >= 0.6 is 11.6 Å². The lowest BCUT2D eigenvalue weighted by molar-refractivity contribution is -0.155. The molecular weight excluding hydrogens is 509 g/mol. The lowest BCUT2D eigenvalue weighted by Gasteiger charge is -2.48. The second-order valence-electron chi connectivity index (χ2n) is 9.05. The Labute approximate surface area is 230 Å². The highest BCUT2D eigenvalue weighted by Crippen LogP contribution is 2.40. The molecule has 2 heterocycles. The topological polar surface area (TPSA) is 78.0 Å². The number of imide groups is 1. The number of rotatable bonds is 5. The maximum Gasteiger partial charge on any atom is 0.348 e. The van der Waals surface area contributed by atoms with E-state index in [2.05, 4.69) is 0 Å². The fourth-order valence-corrected chi connectivity index (χ4v) is 4.46. The van der Waals surface area contributed by atoms with Crippen molar-refractivity contribution < 1.29 is 28.0 Å². The van der Waals surface area contributed by atoms with Crippen molar-refractivity contribution in [1.82, 2.24) is 14.5 Å². The molecule has 2 aromatic rings. The van der Waals surface area contributed by atoms with Gasteiger partial charge in [0.2, 0.25) is 27.8 Å². The van der Waals surface area contributed by atoms with E-state index in [9.17, 15) is 28.0 Å². The molecule has 2 atom stereocenters. The Morgan fingerprint density at radius 2 is 1.66 bits per heavy atom. The summed E-state index contributed by atoms with van der Waals surface area (Å²) in [7, 11) is 35.5. The number of fused-ring (bicyclic) bond motifs is 1. The van der Waals surface area contributed by atoms with Gasteiger partial charge < -0.3 is 14.5 Å². The second-order valence-corrected chi connectivity index (χ2v) is 9.49. The zero-order chi connectivity index (χ0) is 28.4. The number of piperidine rings is 1. The quantitative estimate of drug-likeness (QED) is 0.414. The number of nitrogens with zero attached hydrogens (tertiary/aromatic N) is 3. The summed E-state index contributed by atoms with van der Waals surface area (Å²) in [6.45, 7) is -0.296. The molecule has 12 radical (unpaired) electrons. The molecule has 4 amide bonds. The predicted octanol–water partition coefficient (Wildman–Crippen LogP) is 0.111. The zero-order valence-corrected chi connectivity index (χ0v) is 20.4. The number of amides is 4. The van der Waals surface area contributed by atoms with Gasteiger partial charge in [0, 0.05) is 29.1 Å². The van der Waals surface area contributed by atoms with E-state index in [1.165, 1.54) is 30.3 Å². The Hall–Kier alpha value is -2.94. The van der Waals surface area contributed by atoms with E-state index in [0.717, 1.165) is 17.0 Å². The number of hydrogen-bond donors (Lipinski definition) is 0. The van der Waals surface area contributed by atoms with Gasteiger partial charge in [-0.2, -0.15) is 8.78 Å². The molecule has 1 fully saturated rings. The van der Waals surface area contributed by atoms with E-state index >= 15 is 0 Å². The molecule has 4 rings (SSSR count). The maximum absolute atomic E-state index is 14.9. The van der Waals surface area contributed by atoms with Crippen LogP contribution in [0.15, 0.2) is 42.5 Å². The first-order valence-corrected chi connectivity index (χ1v) is 11.3. The van der Waals surface area contributed by atoms with Crippen LogP contribution in [0, 0.1) is 0 Å². The first kappa shape index (κ1) is 28.1. The SMILES string of the molecule is [B]C1CC(=O)N([B])C(=O)[C@]1([B])N1Cc2cc(C([B])([B])N([B])C(=O)C(F)(F)c3ccc(Cl)cc3)ccc2C1=O. The Morgan fingerprint density at radius 1 is 1.08 bits per heavy atom. The van der Waals surface area contributed by atoms with E-state index in [1.54, 1.807) is 0 Å². The first-order chi connectivity index (χ1) is 17.5. The molecule has 0 bridgehead atoms. The summed E-state index contributed by atoms with van der Waals surface area (Å²) in [5, 5.41) is -2.28. The highest BCUT2D eigenvalue weighted by atomic mass is 35.5. The van der Waals surface area contributed by atoms with Crippen molar-refractivity contribution in [3.63, 3.8) is 0 Å². The molecule has 38 heavy (non-hydrogen) atoms. The maximum atomic E-state index is 14.9. The van der Waals surface area contributed by atoms with Crippen LogP contribution in [0.25, 0.3) is 0 Å². The van der Waals surface area contributed by atoms with Crippen LogP contribution in [-0.4, -0.2) is 90.9 Å². The van der Waals surface area contributed by atoms with Crippen molar-refractivity contribution in [2.45, 2.75) is 35.5 Å². The van der Waals surface area contributed by atoms with E-state index in [0.29, 0.717) is 4.81 Å². The molecule has 1 saturated heterocycles. The van der Waals surface area contributed by atoms with E-state index in [4.69, 9.17) is 58.9 Å². The summed E-state index contributed by atoms with van der Waals surface area (Å²) < 4.78 is 29.8. The van der Waals surface area contributed by atoms with Gasteiger partial charge in [-0.05, 0) is 40.5 Å². The summed E-state index contributed by atoms with van der Waals surface area (Å²) in [6, 6.07) is 7.97. The largest absolute Gasteiger partial charge is 0.398 e. The highest BCUT2D eigenvalue weighted by molar-refractivity contribution is 6.44. The van der Waals surface area contributed by atoms with Gasteiger partial charge in [-0.25, -0.2) is 0 Å². The molecule has 0 saturated carbocycles. The fourth-order valence-electron chi connectivity index (χ4n) is 4.33. The average molecular weight is 521 g/mol. The highest BCUT2D eigenvalue weighted by Gasteiger charge is 2.53. The fraction of sp³-hybridized carbons (Fsp3) is 0.273. The summed E-state index contributed by atoms with van der Waals surface area (Å²) >= 11 is 5.72. The molecule has 2 aliphatic heterocycles. The Kier molecular flexibility index (Phi) is 6.92. The van der Waals surface area contributed by atoms with E-state index < -0.39 is 58.1 Å². The molecule has 0 N–H and O–H groups in total. The summed E-state index contributed by atoms with van der Waals surface area (Å²) in [5.41, 5.74) is -2.67. The Balaban J connectivity index is 1.63. The minimum Gasteiger partial charge on any atom is -0.398 e. The summed E-state index contributed by atoms with van der Waals surface area (Å²) in [4.78, 5) is 51.7. The number of alkyl halides is 2. The lowest BCUT2D eigenvalue weighted by Crippen LogP contribution is -2.66. The van der Waals surface area contributed by atoms with Crippen LogP contribution in [0.3, 0.4) is 0 Å². The van der Waals surface area contributed by atoms with Crippen LogP contribution in [0.2, 0.25) is 10.8 Å². The molecule has 1 unspecified atom stereocenters. The normalized spacial score (nSPS) is 22.0. The van der Waals surface area contributed by atoms with Gasteiger partial charge in [0.25, 0.3) is 11.8 Å². The minimum absolute atomic E-state index is 0.0131. The molecule has 16 heteroatoms. The van der Waals surface area contributed by atoms with Crippen molar-refractivity contribution in [3.05, 3.63) is 69.7 Å². The standard InChI is InChI=1S/C22H12B6ClF2N3O4/c23-15-8-16(35)33(27)18(37)20(15,24)32-9-10-7-12(3-6-14(10)17(32)36)22(25,26)34(28)19(38)21(30,31)11-1-4-13(29)5-2-11/h1-7,15H,8-9H2/t15?,20-/m1/s1. The second kappa shape index (κ2) is 9.36. The van der Waals surface area contributed by atoms with E-state index in [-0.39, 0.29) is 33.1 Å². The van der Waals surface area contributed by atoms with Crippen molar-refractivity contribution in [2.75, 3.05) is 0 Å². The molecule has 178 valence electrons. The predicted molar refractivity (Wildman–Crippen MR) is 138 cm³/mol. The van der Waals surface area contributed by atoms with Gasteiger partial charge in [0.1, 0.15) is 7.85 Å². The monoisotopic (exact) mass is 521 g/mol. The first-order valence-electron chi connectivity index (χ1n) is 11.0. The molecule has 0 aromatic heterocycles. The zero-order valence-electron chi connectivity index (χ0n) is 19.6. The van der Waals surface area contributed by atoms with Crippen LogP contribution < -0.4 is 0 Å². The number of halogens is 3. The van der Waals surface area contributed by atoms with Crippen LogP contribution in [0.5, 0.6) is 0 Å². The van der Waals surface area contributed by atoms with Crippen molar-refractivity contribution >= 4 is 82.6 Å². The van der Waals surface area contributed by atoms with Crippen molar-refractivity contribution in [1.29, 1.82) is 0 Å². The molecule has 0 spiro atoms. The molecular formula is C22H12B6ClF2N3O4.